The number of piperidine rings is 1. The molecule has 0 bridgehead atoms. The molecular weight excluding hydrogens is 422 g/mol. The molecule has 4 N–H and O–H groups in total. The molecule has 2 atom stereocenters. The molecule has 1 unspecified atom stereocenters. The van der Waals surface area contributed by atoms with Gasteiger partial charge < -0.3 is 21.1 Å². The SMILES string of the molecule is C[C@H](N)C(=O)N1CCC(C(N)c2cc(Cl)c(Cl)cc2OC(=O)C(F)(F)F)CC1. The molecule has 1 aromatic carbocycles. The highest BCUT2D eigenvalue weighted by atomic mass is 35.5. The van der Waals surface area contributed by atoms with Gasteiger partial charge in [0, 0.05) is 30.8 Å². The second kappa shape index (κ2) is 8.86. The zero-order valence-corrected chi connectivity index (χ0v) is 16.4. The lowest BCUT2D eigenvalue weighted by atomic mass is 9.85. The highest BCUT2D eigenvalue weighted by Gasteiger charge is 2.42. The minimum absolute atomic E-state index is 0.0695. The molecule has 1 aromatic rings. The van der Waals surface area contributed by atoms with E-state index in [1.807, 2.05) is 0 Å². The normalized spacial score (nSPS) is 17.9. The number of likely N-dealkylation sites (tertiary alicyclic amines) is 1. The van der Waals surface area contributed by atoms with E-state index in [2.05, 4.69) is 4.74 Å². The number of alkyl halides is 3. The van der Waals surface area contributed by atoms with Gasteiger partial charge in [0.2, 0.25) is 5.91 Å². The summed E-state index contributed by atoms with van der Waals surface area (Å²) in [5, 5.41) is 0.00318. The van der Waals surface area contributed by atoms with Crippen molar-refractivity contribution >= 4 is 35.1 Å². The highest BCUT2D eigenvalue weighted by molar-refractivity contribution is 6.42. The number of nitrogens with two attached hydrogens (primary N) is 2. The van der Waals surface area contributed by atoms with Gasteiger partial charge in [0.25, 0.3) is 0 Å². The summed E-state index contributed by atoms with van der Waals surface area (Å²) in [5.41, 5.74) is 12.0. The van der Waals surface area contributed by atoms with Gasteiger partial charge in [0.15, 0.2) is 0 Å². The zero-order chi connectivity index (χ0) is 21.2. The maximum atomic E-state index is 12.6. The van der Waals surface area contributed by atoms with Gasteiger partial charge in [-0.25, -0.2) is 4.79 Å². The van der Waals surface area contributed by atoms with E-state index < -0.39 is 30.0 Å². The number of rotatable bonds is 4. The van der Waals surface area contributed by atoms with Gasteiger partial charge in [0.05, 0.1) is 16.1 Å². The third kappa shape index (κ3) is 5.28. The smallest absolute Gasteiger partial charge is 0.419 e. The Morgan fingerprint density at radius 1 is 1.18 bits per heavy atom. The number of nitrogens with zero attached hydrogens (tertiary/aromatic N) is 1. The Hall–Kier alpha value is -1.55. The number of ether oxygens (including phenoxy) is 1. The van der Waals surface area contributed by atoms with Crippen LogP contribution in [0.2, 0.25) is 10.0 Å². The van der Waals surface area contributed by atoms with Crippen LogP contribution in [0.25, 0.3) is 0 Å². The van der Waals surface area contributed by atoms with Crippen molar-refractivity contribution in [3.8, 4) is 5.75 Å². The van der Waals surface area contributed by atoms with Gasteiger partial charge in [-0.15, -0.1) is 0 Å². The van der Waals surface area contributed by atoms with E-state index in [4.69, 9.17) is 34.7 Å². The number of esters is 1. The molecule has 1 fully saturated rings. The summed E-state index contributed by atoms with van der Waals surface area (Å²) in [5.74, 6) is -3.12. The highest BCUT2D eigenvalue weighted by Crippen LogP contribution is 2.39. The number of halogens is 5. The molecule has 1 heterocycles. The Morgan fingerprint density at radius 3 is 2.21 bits per heavy atom. The first-order chi connectivity index (χ1) is 12.9. The molecule has 28 heavy (non-hydrogen) atoms. The van der Waals surface area contributed by atoms with Gasteiger partial charge in [-0.05, 0) is 31.7 Å². The summed E-state index contributed by atoms with van der Waals surface area (Å²) in [6.45, 7) is 2.42. The van der Waals surface area contributed by atoms with Crippen LogP contribution < -0.4 is 16.2 Å². The Balaban J connectivity index is 2.21. The van der Waals surface area contributed by atoms with Crippen LogP contribution in [-0.4, -0.2) is 42.1 Å². The average Bonchev–Trinajstić information content (AvgIpc) is 2.62. The van der Waals surface area contributed by atoms with Crippen molar-refractivity contribution < 1.29 is 27.5 Å². The van der Waals surface area contributed by atoms with E-state index in [0.29, 0.717) is 25.9 Å². The van der Waals surface area contributed by atoms with E-state index in [0.717, 1.165) is 6.07 Å². The van der Waals surface area contributed by atoms with E-state index in [1.165, 1.54) is 6.07 Å². The maximum absolute atomic E-state index is 12.6. The van der Waals surface area contributed by atoms with Gasteiger partial charge in [-0.3, -0.25) is 4.79 Å². The minimum atomic E-state index is -5.17. The van der Waals surface area contributed by atoms with Gasteiger partial charge >= 0.3 is 12.1 Å². The standard InChI is InChI=1S/C17H20Cl2F3N3O3/c1-8(23)15(26)25-4-2-9(3-5-25)14(24)10-6-11(18)12(19)7-13(10)28-16(27)17(20,21)22/h6-9,14H,2-5,23-24H2,1H3/t8-,14?/m0/s1. The summed E-state index contributed by atoms with van der Waals surface area (Å²) in [6, 6.07) is 0.955. The topological polar surface area (TPSA) is 98.7 Å². The van der Waals surface area contributed by atoms with Crippen LogP contribution in [-0.2, 0) is 9.59 Å². The number of amides is 1. The molecule has 0 radical (unpaired) electrons. The summed E-state index contributed by atoms with van der Waals surface area (Å²) in [6.07, 6.45) is -4.16. The van der Waals surface area contributed by atoms with Crippen molar-refractivity contribution in [1.82, 2.24) is 4.90 Å². The van der Waals surface area contributed by atoms with Crippen molar-refractivity contribution in [2.45, 2.75) is 38.0 Å². The molecule has 156 valence electrons. The first-order valence-corrected chi connectivity index (χ1v) is 9.25. The predicted octanol–water partition coefficient (Wildman–Crippen LogP) is 3.05. The van der Waals surface area contributed by atoms with E-state index in [-0.39, 0.29) is 27.4 Å². The fourth-order valence-electron chi connectivity index (χ4n) is 3.07. The molecule has 0 saturated carbocycles. The van der Waals surface area contributed by atoms with E-state index in [9.17, 15) is 22.8 Å². The Bertz CT molecular complexity index is 751. The summed E-state index contributed by atoms with van der Waals surface area (Å²) >= 11 is 11.8. The molecule has 1 aliphatic heterocycles. The predicted molar refractivity (Wildman–Crippen MR) is 98.0 cm³/mol. The fraction of sp³-hybridized carbons (Fsp3) is 0.529. The lowest BCUT2D eigenvalue weighted by Crippen LogP contribution is -2.47. The van der Waals surface area contributed by atoms with Gasteiger partial charge in [-0.1, -0.05) is 23.2 Å². The van der Waals surface area contributed by atoms with Crippen LogP contribution >= 0.6 is 23.2 Å². The van der Waals surface area contributed by atoms with Crippen LogP contribution in [0.5, 0.6) is 5.75 Å². The minimum Gasteiger partial charge on any atom is -0.419 e. The first-order valence-electron chi connectivity index (χ1n) is 8.49. The number of carbonyl (C=O) groups is 2. The third-order valence-electron chi connectivity index (χ3n) is 4.59. The van der Waals surface area contributed by atoms with Crippen molar-refractivity contribution in [3.05, 3.63) is 27.7 Å². The monoisotopic (exact) mass is 441 g/mol. The van der Waals surface area contributed by atoms with Crippen LogP contribution in [0.4, 0.5) is 13.2 Å². The molecule has 6 nitrogen and oxygen atoms in total. The lowest BCUT2D eigenvalue weighted by Gasteiger charge is -2.36. The number of hydrogen-bond acceptors (Lipinski definition) is 5. The molecule has 2 rings (SSSR count). The van der Waals surface area contributed by atoms with E-state index in [1.54, 1.807) is 11.8 Å². The fourth-order valence-corrected chi connectivity index (χ4v) is 3.40. The molecular formula is C17H20Cl2F3N3O3. The van der Waals surface area contributed by atoms with Crippen LogP contribution in [0.1, 0.15) is 31.4 Å². The van der Waals surface area contributed by atoms with Crippen molar-refractivity contribution in [1.29, 1.82) is 0 Å². The Morgan fingerprint density at radius 2 is 1.71 bits per heavy atom. The van der Waals surface area contributed by atoms with Crippen molar-refractivity contribution in [2.75, 3.05) is 13.1 Å². The quantitative estimate of drug-likeness (QED) is 0.552. The van der Waals surface area contributed by atoms with E-state index >= 15 is 0 Å². The summed E-state index contributed by atoms with van der Waals surface area (Å²) in [7, 11) is 0. The molecule has 1 saturated heterocycles. The average molecular weight is 442 g/mol. The molecule has 0 aromatic heterocycles. The maximum Gasteiger partial charge on any atom is 0.491 e. The lowest BCUT2D eigenvalue weighted by molar-refractivity contribution is -0.189. The third-order valence-corrected chi connectivity index (χ3v) is 5.32. The van der Waals surface area contributed by atoms with Gasteiger partial charge in [-0.2, -0.15) is 13.2 Å². The summed E-state index contributed by atoms with van der Waals surface area (Å²) in [4.78, 5) is 24.8. The molecule has 1 amide bonds. The number of benzene rings is 1. The molecule has 0 aliphatic carbocycles. The zero-order valence-electron chi connectivity index (χ0n) is 14.9. The Kier molecular flexibility index (Phi) is 7.19. The first kappa shape index (κ1) is 22.7. The van der Waals surface area contributed by atoms with Crippen LogP contribution in [0.3, 0.4) is 0 Å². The summed E-state index contributed by atoms with van der Waals surface area (Å²) < 4.78 is 42.2. The number of carbonyl (C=O) groups excluding carboxylic acids is 2. The Labute approximate surface area is 169 Å². The van der Waals surface area contributed by atoms with Crippen molar-refractivity contribution in [2.24, 2.45) is 17.4 Å². The molecule has 0 spiro atoms. The molecule has 1 aliphatic rings. The number of hydrogen-bond donors (Lipinski definition) is 2. The van der Waals surface area contributed by atoms with Gasteiger partial charge in [0.1, 0.15) is 5.75 Å². The molecule has 11 heteroatoms. The van der Waals surface area contributed by atoms with Crippen molar-refractivity contribution in [3.63, 3.8) is 0 Å². The largest absolute Gasteiger partial charge is 0.491 e. The second-order valence-corrected chi connectivity index (χ2v) is 7.48. The van der Waals surface area contributed by atoms with Crippen LogP contribution in [0.15, 0.2) is 12.1 Å². The second-order valence-electron chi connectivity index (χ2n) is 6.67. The van der Waals surface area contributed by atoms with Crippen LogP contribution in [0, 0.1) is 5.92 Å².